The second-order valence-corrected chi connectivity index (χ2v) is 8.56. The molecule has 2 aromatic rings. The van der Waals surface area contributed by atoms with Gasteiger partial charge in [0.05, 0.1) is 10.8 Å². The van der Waals surface area contributed by atoms with Crippen LogP contribution in [0.3, 0.4) is 0 Å². The van der Waals surface area contributed by atoms with Crippen LogP contribution in [0.5, 0.6) is 5.75 Å². The Balaban J connectivity index is 1.57. The molecule has 30 heavy (non-hydrogen) atoms. The molecule has 0 saturated heterocycles. The molecular weight excluding hydrogens is 427 g/mol. The van der Waals surface area contributed by atoms with Crippen molar-refractivity contribution < 1.29 is 13.9 Å². The SMILES string of the molecule is C=CCn1c(COc2ccc(F)c(Cl)c2)nnc1SCC(=O)NC1CCCCCC1. The molecule has 1 N–H and O–H groups in total. The molecule has 1 aromatic heterocycles. The van der Waals surface area contributed by atoms with E-state index in [-0.39, 0.29) is 29.3 Å². The Hall–Kier alpha value is -2.06. The minimum Gasteiger partial charge on any atom is -0.486 e. The maximum atomic E-state index is 13.3. The van der Waals surface area contributed by atoms with Crippen molar-refractivity contribution in [1.82, 2.24) is 20.1 Å². The third-order valence-corrected chi connectivity index (χ3v) is 6.17. The Bertz CT molecular complexity index is 869. The lowest BCUT2D eigenvalue weighted by Crippen LogP contribution is -2.35. The summed E-state index contributed by atoms with van der Waals surface area (Å²) in [4.78, 5) is 12.4. The molecule has 9 heteroatoms. The summed E-state index contributed by atoms with van der Waals surface area (Å²) in [5, 5.41) is 12.1. The second kappa shape index (κ2) is 11.4. The number of allylic oxidation sites excluding steroid dienone is 1. The molecule has 0 aliphatic heterocycles. The number of hydrogen-bond acceptors (Lipinski definition) is 5. The van der Waals surface area contributed by atoms with Gasteiger partial charge in [-0.1, -0.05) is 55.1 Å². The number of rotatable bonds is 9. The standard InChI is InChI=1S/C21H26ClFN4O2S/c1-2-11-27-19(13-29-16-9-10-18(23)17(22)12-16)25-26-21(27)30-14-20(28)24-15-7-5-3-4-6-8-15/h2,9-10,12,15H,1,3-8,11,13-14H2,(H,24,28). The molecule has 1 aliphatic carbocycles. The molecule has 1 aliphatic rings. The van der Waals surface area contributed by atoms with Crippen LogP contribution in [0.15, 0.2) is 36.0 Å². The fourth-order valence-electron chi connectivity index (χ4n) is 3.38. The van der Waals surface area contributed by atoms with Gasteiger partial charge >= 0.3 is 0 Å². The maximum absolute atomic E-state index is 13.3. The smallest absolute Gasteiger partial charge is 0.230 e. The van der Waals surface area contributed by atoms with Crippen LogP contribution < -0.4 is 10.1 Å². The van der Waals surface area contributed by atoms with Crippen molar-refractivity contribution in [3.63, 3.8) is 0 Å². The van der Waals surface area contributed by atoms with Gasteiger partial charge in [0.25, 0.3) is 0 Å². The topological polar surface area (TPSA) is 69.0 Å². The lowest BCUT2D eigenvalue weighted by atomic mass is 10.1. The predicted molar refractivity (Wildman–Crippen MR) is 116 cm³/mol. The molecule has 1 saturated carbocycles. The molecule has 6 nitrogen and oxygen atoms in total. The van der Waals surface area contributed by atoms with E-state index in [1.165, 1.54) is 55.6 Å². The first-order valence-electron chi connectivity index (χ1n) is 10.1. The highest BCUT2D eigenvalue weighted by Crippen LogP contribution is 2.23. The summed E-state index contributed by atoms with van der Waals surface area (Å²) in [6, 6.07) is 4.44. The van der Waals surface area contributed by atoms with E-state index in [9.17, 15) is 9.18 Å². The Morgan fingerprint density at radius 1 is 1.33 bits per heavy atom. The molecule has 162 valence electrons. The normalized spacial score (nSPS) is 14.9. The number of aromatic nitrogens is 3. The number of nitrogens with one attached hydrogen (secondary N) is 1. The van der Waals surface area contributed by atoms with Crippen molar-refractivity contribution in [2.45, 2.75) is 62.9 Å². The summed E-state index contributed by atoms with van der Waals surface area (Å²) in [6.07, 6.45) is 8.69. The van der Waals surface area contributed by atoms with Crippen molar-refractivity contribution in [3.05, 3.63) is 47.5 Å². The summed E-state index contributed by atoms with van der Waals surface area (Å²) in [5.74, 6) is 0.812. The molecule has 0 spiro atoms. The first kappa shape index (κ1) is 22.6. The van der Waals surface area contributed by atoms with Crippen LogP contribution in [0.25, 0.3) is 0 Å². The number of hydrogen-bond donors (Lipinski definition) is 1. The largest absolute Gasteiger partial charge is 0.486 e. The van der Waals surface area contributed by atoms with Crippen LogP contribution in [-0.2, 0) is 17.9 Å². The van der Waals surface area contributed by atoms with Crippen molar-refractivity contribution in [3.8, 4) is 5.75 Å². The Labute approximate surface area is 185 Å². The van der Waals surface area contributed by atoms with Gasteiger partial charge < -0.3 is 10.1 Å². The fourth-order valence-corrected chi connectivity index (χ4v) is 4.33. The van der Waals surface area contributed by atoms with Gasteiger partial charge in [0, 0.05) is 18.7 Å². The minimum atomic E-state index is -0.500. The van der Waals surface area contributed by atoms with Gasteiger partial charge in [-0.2, -0.15) is 0 Å². The van der Waals surface area contributed by atoms with E-state index in [0.29, 0.717) is 23.3 Å². The molecular formula is C21H26ClFN4O2S. The summed E-state index contributed by atoms with van der Waals surface area (Å²) >= 11 is 7.13. The zero-order valence-corrected chi connectivity index (χ0v) is 18.4. The summed E-state index contributed by atoms with van der Waals surface area (Å²) in [7, 11) is 0. The molecule has 1 heterocycles. The lowest BCUT2D eigenvalue weighted by molar-refractivity contribution is -0.119. The van der Waals surface area contributed by atoms with Gasteiger partial charge in [0.15, 0.2) is 11.0 Å². The second-order valence-electron chi connectivity index (χ2n) is 7.21. The summed E-state index contributed by atoms with van der Waals surface area (Å²) < 4.78 is 20.8. The zero-order chi connectivity index (χ0) is 21.3. The first-order valence-corrected chi connectivity index (χ1v) is 11.5. The first-order chi connectivity index (χ1) is 14.6. The van der Waals surface area contributed by atoms with E-state index in [4.69, 9.17) is 16.3 Å². The molecule has 1 amide bonds. The van der Waals surface area contributed by atoms with Gasteiger partial charge in [0.1, 0.15) is 18.2 Å². The van der Waals surface area contributed by atoms with Crippen LogP contribution in [0.4, 0.5) is 4.39 Å². The number of thioether (sulfide) groups is 1. The maximum Gasteiger partial charge on any atom is 0.230 e. The summed E-state index contributed by atoms with van der Waals surface area (Å²) in [6.45, 7) is 4.40. The fraction of sp³-hybridized carbons (Fsp3) is 0.476. The van der Waals surface area contributed by atoms with Crippen molar-refractivity contribution in [2.75, 3.05) is 5.75 Å². The van der Waals surface area contributed by atoms with Gasteiger partial charge in [-0.05, 0) is 25.0 Å². The van der Waals surface area contributed by atoms with E-state index in [1.807, 2.05) is 4.57 Å². The van der Waals surface area contributed by atoms with Crippen molar-refractivity contribution >= 4 is 29.3 Å². The van der Waals surface area contributed by atoms with E-state index in [0.717, 1.165) is 12.8 Å². The summed E-state index contributed by atoms with van der Waals surface area (Å²) in [5.41, 5.74) is 0. The van der Waals surface area contributed by atoms with Crippen LogP contribution in [0, 0.1) is 5.82 Å². The Kier molecular flexibility index (Phi) is 8.57. The number of amides is 1. The number of halogens is 2. The Morgan fingerprint density at radius 3 is 2.80 bits per heavy atom. The van der Waals surface area contributed by atoms with E-state index < -0.39 is 5.82 Å². The van der Waals surface area contributed by atoms with Crippen molar-refractivity contribution in [1.29, 1.82) is 0 Å². The zero-order valence-electron chi connectivity index (χ0n) is 16.8. The van der Waals surface area contributed by atoms with Gasteiger partial charge in [0.2, 0.25) is 5.91 Å². The van der Waals surface area contributed by atoms with E-state index in [2.05, 4.69) is 22.1 Å². The van der Waals surface area contributed by atoms with Crippen LogP contribution in [0.1, 0.15) is 44.3 Å². The molecule has 3 rings (SSSR count). The van der Waals surface area contributed by atoms with E-state index in [1.54, 1.807) is 6.08 Å². The van der Waals surface area contributed by atoms with Gasteiger partial charge in [-0.25, -0.2) is 4.39 Å². The average molecular weight is 453 g/mol. The van der Waals surface area contributed by atoms with Gasteiger partial charge in [-0.15, -0.1) is 16.8 Å². The number of benzene rings is 1. The highest BCUT2D eigenvalue weighted by Gasteiger charge is 2.17. The molecule has 0 unspecified atom stereocenters. The van der Waals surface area contributed by atoms with Crippen LogP contribution >= 0.6 is 23.4 Å². The minimum absolute atomic E-state index is 0.00372. The highest BCUT2D eigenvalue weighted by atomic mass is 35.5. The molecule has 0 bridgehead atoms. The van der Waals surface area contributed by atoms with Crippen LogP contribution in [0.2, 0.25) is 5.02 Å². The molecule has 1 fully saturated rings. The number of ether oxygens (including phenoxy) is 1. The predicted octanol–water partition coefficient (Wildman–Crippen LogP) is 4.77. The Morgan fingerprint density at radius 2 is 2.10 bits per heavy atom. The molecule has 1 aromatic carbocycles. The van der Waals surface area contributed by atoms with Crippen molar-refractivity contribution in [2.24, 2.45) is 0 Å². The van der Waals surface area contributed by atoms with E-state index >= 15 is 0 Å². The number of carbonyl (C=O) groups excluding carboxylic acids is 1. The lowest BCUT2D eigenvalue weighted by Gasteiger charge is -2.16. The monoisotopic (exact) mass is 452 g/mol. The van der Waals surface area contributed by atoms with Gasteiger partial charge in [-0.3, -0.25) is 9.36 Å². The number of carbonyl (C=O) groups is 1. The van der Waals surface area contributed by atoms with Crippen LogP contribution in [-0.4, -0.2) is 32.5 Å². The highest BCUT2D eigenvalue weighted by molar-refractivity contribution is 7.99. The average Bonchev–Trinajstić information content (AvgIpc) is 2.92. The third kappa shape index (κ3) is 6.47. The molecule has 0 radical (unpaired) electrons. The number of nitrogens with zero attached hydrogens (tertiary/aromatic N) is 3. The quantitative estimate of drug-likeness (QED) is 0.337. The third-order valence-electron chi connectivity index (χ3n) is 4.92. The molecule has 0 atom stereocenters.